The third kappa shape index (κ3) is 5.72. The number of rotatable bonds is 10. The lowest BCUT2D eigenvalue weighted by Crippen LogP contribution is -1.97. The number of nitrogens with zero attached hydrogens (tertiary/aromatic N) is 1. The van der Waals surface area contributed by atoms with Crippen molar-refractivity contribution in [3.8, 4) is 5.75 Å². The summed E-state index contributed by atoms with van der Waals surface area (Å²) < 4.78 is 10.8. The van der Waals surface area contributed by atoms with Crippen molar-refractivity contribution >= 4 is 6.29 Å². The Morgan fingerprint density at radius 2 is 1.82 bits per heavy atom. The third-order valence-corrected chi connectivity index (χ3v) is 3.53. The van der Waals surface area contributed by atoms with E-state index in [4.69, 9.17) is 9.26 Å². The number of hydrogen-bond donors (Lipinski definition) is 0. The van der Waals surface area contributed by atoms with Gasteiger partial charge in [0, 0.05) is 18.1 Å². The predicted octanol–water partition coefficient (Wildman–Crippen LogP) is 4.37. The molecule has 0 N–H and O–H groups in total. The van der Waals surface area contributed by atoms with Crippen molar-refractivity contribution < 1.29 is 14.1 Å². The molecule has 118 valence electrons. The molecular formula is C18H23NO3. The highest BCUT2D eigenvalue weighted by atomic mass is 16.5. The average Bonchev–Trinajstić information content (AvgIpc) is 2.96. The quantitative estimate of drug-likeness (QED) is 0.483. The zero-order valence-electron chi connectivity index (χ0n) is 13.1. The molecule has 0 saturated carbocycles. The summed E-state index contributed by atoms with van der Waals surface area (Å²) in [7, 11) is 0. The Labute approximate surface area is 131 Å². The van der Waals surface area contributed by atoms with Crippen LogP contribution >= 0.6 is 0 Å². The fraction of sp³-hybridized carbons (Fsp3) is 0.444. The predicted molar refractivity (Wildman–Crippen MR) is 85.4 cm³/mol. The largest absolute Gasteiger partial charge is 0.494 e. The zero-order chi connectivity index (χ0) is 15.6. The van der Waals surface area contributed by atoms with Crippen LogP contribution in [0.1, 0.15) is 53.9 Å². The van der Waals surface area contributed by atoms with Crippen molar-refractivity contribution in [3.05, 3.63) is 47.3 Å². The molecule has 0 atom stereocenters. The number of aldehydes is 1. The summed E-state index contributed by atoms with van der Waals surface area (Å²) in [5.41, 5.74) is 1.63. The van der Waals surface area contributed by atoms with Crippen LogP contribution in [-0.2, 0) is 6.42 Å². The second-order valence-corrected chi connectivity index (χ2v) is 5.49. The monoisotopic (exact) mass is 301 g/mol. The Morgan fingerprint density at radius 1 is 1.09 bits per heavy atom. The van der Waals surface area contributed by atoms with Gasteiger partial charge in [0.1, 0.15) is 17.8 Å². The van der Waals surface area contributed by atoms with Crippen LogP contribution in [0.25, 0.3) is 0 Å². The van der Waals surface area contributed by atoms with Crippen molar-refractivity contribution in [2.45, 2.75) is 45.4 Å². The number of hydrogen-bond acceptors (Lipinski definition) is 4. The molecule has 0 radical (unpaired) electrons. The summed E-state index contributed by atoms with van der Waals surface area (Å²) in [5.74, 6) is 1.81. The van der Waals surface area contributed by atoms with Crippen LogP contribution in [0.2, 0.25) is 0 Å². The van der Waals surface area contributed by atoms with E-state index in [1.807, 2.05) is 25.1 Å². The smallest absolute Gasteiger partial charge is 0.150 e. The molecular weight excluding hydrogens is 278 g/mol. The second kappa shape index (κ2) is 9.03. The van der Waals surface area contributed by atoms with E-state index in [0.29, 0.717) is 5.56 Å². The van der Waals surface area contributed by atoms with Crippen LogP contribution in [0.5, 0.6) is 5.75 Å². The number of ether oxygens (including phenoxy) is 1. The van der Waals surface area contributed by atoms with Crippen molar-refractivity contribution in [2.75, 3.05) is 6.61 Å². The second-order valence-electron chi connectivity index (χ2n) is 5.49. The van der Waals surface area contributed by atoms with Gasteiger partial charge >= 0.3 is 0 Å². The number of carbonyl (C=O) groups is 1. The fourth-order valence-electron chi connectivity index (χ4n) is 2.30. The Morgan fingerprint density at radius 3 is 2.50 bits per heavy atom. The fourth-order valence-corrected chi connectivity index (χ4v) is 2.30. The SMILES string of the molecule is Cc1cc(CCCCCCCOc2ccc(C=O)cc2)on1. The summed E-state index contributed by atoms with van der Waals surface area (Å²) in [6.45, 7) is 2.67. The van der Waals surface area contributed by atoms with Gasteiger partial charge in [-0.05, 0) is 44.0 Å². The summed E-state index contributed by atoms with van der Waals surface area (Å²) in [4.78, 5) is 10.5. The van der Waals surface area contributed by atoms with Gasteiger partial charge in [-0.2, -0.15) is 0 Å². The van der Waals surface area contributed by atoms with E-state index in [9.17, 15) is 4.79 Å². The highest BCUT2D eigenvalue weighted by Gasteiger charge is 2.00. The molecule has 1 heterocycles. The van der Waals surface area contributed by atoms with E-state index in [0.717, 1.165) is 49.4 Å². The van der Waals surface area contributed by atoms with Gasteiger partial charge in [-0.1, -0.05) is 24.4 Å². The first-order valence-corrected chi connectivity index (χ1v) is 7.88. The number of unbranched alkanes of at least 4 members (excludes halogenated alkanes) is 4. The van der Waals surface area contributed by atoms with Gasteiger partial charge < -0.3 is 9.26 Å². The maximum Gasteiger partial charge on any atom is 0.150 e. The number of benzene rings is 1. The first-order chi connectivity index (χ1) is 10.8. The normalized spacial score (nSPS) is 10.6. The first-order valence-electron chi connectivity index (χ1n) is 7.88. The highest BCUT2D eigenvalue weighted by molar-refractivity contribution is 5.74. The van der Waals surface area contributed by atoms with Crippen LogP contribution < -0.4 is 4.74 Å². The minimum atomic E-state index is 0.675. The van der Waals surface area contributed by atoms with E-state index in [1.165, 1.54) is 19.3 Å². The molecule has 4 heteroatoms. The van der Waals surface area contributed by atoms with Crippen LogP contribution in [0.3, 0.4) is 0 Å². The van der Waals surface area contributed by atoms with Crippen molar-refractivity contribution in [3.63, 3.8) is 0 Å². The van der Waals surface area contributed by atoms with Gasteiger partial charge in [0.15, 0.2) is 0 Å². The van der Waals surface area contributed by atoms with Gasteiger partial charge in [0.2, 0.25) is 0 Å². The van der Waals surface area contributed by atoms with E-state index >= 15 is 0 Å². The molecule has 0 aliphatic carbocycles. The van der Waals surface area contributed by atoms with Crippen molar-refractivity contribution in [1.29, 1.82) is 0 Å². The zero-order valence-corrected chi connectivity index (χ0v) is 13.1. The molecule has 4 nitrogen and oxygen atoms in total. The van der Waals surface area contributed by atoms with Crippen LogP contribution in [0, 0.1) is 6.92 Å². The molecule has 0 saturated heterocycles. The van der Waals surface area contributed by atoms with Gasteiger partial charge in [0.05, 0.1) is 12.3 Å². The third-order valence-electron chi connectivity index (χ3n) is 3.53. The summed E-state index contributed by atoms with van der Waals surface area (Å²) in [6, 6.07) is 9.22. The van der Waals surface area contributed by atoms with Gasteiger partial charge in [0.25, 0.3) is 0 Å². The summed E-state index contributed by atoms with van der Waals surface area (Å²) in [5, 5.41) is 3.88. The highest BCUT2D eigenvalue weighted by Crippen LogP contribution is 2.13. The van der Waals surface area contributed by atoms with Crippen LogP contribution in [0.15, 0.2) is 34.9 Å². The van der Waals surface area contributed by atoms with Crippen LogP contribution in [0.4, 0.5) is 0 Å². The molecule has 0 amide bonds. The number of aromatic nitrogens is 1. The average molecular weight is 301 g/mol. The van der Waals surface area contributed by atoms with E-state index in [1.54, 1.807) is 12.1 Å². The minimum Gasteiger partial charge on any atom is -0.494 e. The van der Waals surface area contributed by atoms with E-state index < -0.39 is 0 Å². The standard InChI is InChI=1S/C18H23NO3/c1-15-13-18(22-19-15)7-5-3-2-4-6-12-21-17-10-8-16(14-20)9-11-17/h8-11,13-14H,2-7,12H2,1H3. The lowest BCUT2D eigenvalue weighted by molar-refractivity contribution is 0.112. The van der Waals surface area contributed by atoms with Gasteiger partial charge in [-0.25, -0.2) is 0 Å². The molecule has 2 aromatic rings. The molecule has 0 unspecified atom stereocenters. The minimum absolute atomic E-state index is 0.675. The Kier molecular flexibility index (Phi) is 6.68. The molecule has 0 aliphatic rings. The first kappa shape index (κ1) is 16.3. The molecule has 2 rings (SSSR count). The maximum absolute atomic E-state index is 10.5. The molecule has 0 aliphatic heterocycles. The van der Waals surface area contributed by atoms with Gasteiger partial charge in [-0.3, -0.25) is 4.79 Å². The molecule has 1 aromatic carbocycles. The van der Waals surface area contributed by atoms with E-state index in [-0.39, 0.29) is 0 Å². The summed E-state index contributed by atoms with van der Waals surface area (Å²) in [6.07, 6.45) is 7.58. The lowest BCUT2D eigenvalue weighted by Gasteiger charge is -2.06. The lowest BCUT2D eigenvalue weighted by atomic mass is 10.1. The van der Waals surface area contributed by atoms with Gasteiger partial charge in [-0.15, -0.1) is 0 Å². The van der Waals surface area contributed by atoms with Crippen molar-refractivity contribution in [2.24, 2.45) is 0 Å². The Bertz CT molecular complexity index is 560. The number of carbonyl (C=O) groups excluding carboxylic acids is 1. The summed E-state index contributed by atoms with van der Waals surface area (Å²) >= 11 is 0. The van der Waals surface area contributed by atoms with Crippen LogP contribution in [-0.4, -0.2) is 18.0 Å². The molecule has 1 aromatic heterocycles. The molecule has 0 bridgehead atoms. The molecule has 0 fully saturated rings. The molecule has 0 spiro atoms. The van der Waals surface area contributed by atoms with E-state index in [2.05, 4.69) is 5.16 Å². The maximum atomic E-state index is 10.5. The Hall–Kier alpha value is -2.10. The van der Waals surface area contributed by atoms with Crippen molar-refractivity contribution in [1.82, 2.24) is 5.16 Å². The number of aryl methyl sites for hydroxylation is 2. The Balaban J connectivity index is 1.47. The topological polar surface area (TPSA) is 52.3 Å². The molecule has 22 heavy (non-hydrogen) atoms.